The number of amides is 1. The van der Waals surface area contributed by atoms with Gasteiger partial charge in [0.05, 0.1) is 0 Å². The molecule has 138 valence electrons. The first-order chi connectivity index (χ1) is 13.7. The monoisotopic (exact) mass is 389 g/mol. The quantitative estimate of drug-likeness (QED) is 0.526. The average molecular weight is 390 g/mol. The molecule has 0 fully saturated rings. The van der Waals surface area contributed by atoms with Crippen LogP contribution in [0.4, 0.5) is 0 Å². The Bertz CT molecular complexity index is 1060. The van der Waals surface area contributed by atoms with Crippen molar-refractivity contribution in [3.05, 3.63) is 107 Å². The van der Waals surface area contributed by atoms with E-state index in [2.05, 4.69) is 15.5 Å². The fourth-order valence-corrected chi connectivity index (χ4v) is 2.93. The molecule has 0 saturated heterocycles. The molecule has 6 heteroatoms. The van der Waals surface area contributed by atoms with Crippen LogP contribution in [-0.4, -0.2) is 16.0 Å². The molecule has 0 spiro atoms. The Hall–Kier alpha value is -3.44. The lowest BCUT2D eigenvalue weighted by Crippen LogP contribution is -2.29. The summed E-state index contributed by atoms with van der Waals surface area (Å²) in [5, 5.41) is 7.61. The third-order valence-corrected chi connectivity index (χ3v) is 4.49. The molecule has 1 heterocycles. The van der Waals surface area contributed by atoms with E-state index in [1.807, 2.05) is 60.7 Å². The van der Waals surface area contributed by atoms with Gasteiger partial charge in [0.15, 0.2) is 0 Å². The third-order valence-electron chi connectivity index (χ3n) is 4.24. The van der Waals surface area contributed by atoms with E-state index in [0.717, 1.165) is 11.1 Å². The van der Waals surface area contributed by atoms with Crippen LogP contribution < -0.4 is 5.32 Å². The summed E-state index contributed by atoms with van der Waals surface area (Å²) in [5.41, 5.74) is 2.18. The largest absolute Gasteiger partial charge is 0.336 e. The van der Waals surface area contributed by atoms with Crippen LogP contribution in [-0.2, 0) is 0 Å². The van der Waals surface area contributed by atoms with Crippen LogP contribution >= 0.6 is 11.6 Å². The predicted molar refractivity (Wildman–Crippen MR) is 107 cm³/mol. The van der Waals surface area contributed by atoms with Crippen LogP contribution in [0.1, 0.15) is 27.9 Å². The molecule has 5 nitrogen and oxygen atoms in total. The molecule has 0 saturated carbocycles. The van der Waals surface area contributed by atoms with Crippen molar-refractivity contribution < 1.29 is 9.32 Å². The zero-order chi connectivity index (χ0) is 19.3. The molecule has 1 amide bonds. The Balaban J connectivity index is 1.66. The molecular formula is C22H16ClN3O2. The number of nitrogens with one attached hydrogen (secondary N) is 1. The van der Waals surface area contributed by atoms with Gasteiger partial charge in [0.2, 0.25) is 5.82 Å². The fraction of sp³-hybridized carbons (Fsp3) is 0.0455. The van der Waals surface area contributed by atoms with Crippen LogP contribution in [0.3, 0.4) is 0 Å². The van der Waals surface area contributed by atoms with Gasteiger partial charge < -0.3 is 9.84 Å². The van der Waals surface area contributed by atoms with E-state index >= 15 is 0 Å². The summed E-state index contributed by atoms with van der Waals surface area (Å²) in [6, 6.07) is 25.1. The SMILES string of the molecule is O=C(NC(c1ccccc1)c1nc(-c2ccccc2)no1)c1ccc(Cl)cc1. The summed E-state index contributed by atoms with van der Waals surface area (Å²) in [4.78, 5) is 17.3. The number of rotatable bonds is 5. The number of nitrogens with zero attached hydrogens (tertiary/aromatic N) is 2. The molecule has 1 N–H and O–H groups in total. The van der Waals surface area contributed by atoms with Crippen LogP contribution in [0.2, 0.25) is 5.02 Å². The summed E-state index contributed by atoms with van der Waals surface area (Å²) in [6.45, 7) is 0. The Morgan fingerprint density at radius 3 is 2.21 bits per heavy atom. The van der Waals surface area contributed by atoms with Gasteiger partial charge in [-0.05, 0) is 29.8 Å². The maximum atomic E-state index is 12.7. The lowest BCUT2D eigenvalue weighted by molar-refractivity contribution is 0.0936. The van der Waals surface area contributed by atoms with Crippen LogP contribution in [0.25, 0.3) is 11.4 Å². The number of halogens is 1. The Labute approximate surface area is 167 Å². The zero-order valence-corrected chi connectivity index (χ0v) is 15.5. The predicted octanol–water partition coefficient (Wildman–Crippen LogP) is 4.91. The van der Waals surface area contributed by atoms with Gasteiger partial charge in [0, 0.05) is 16.1 Å². The molecule has 3 aromatic carbocycles. The van der Waals surface area contributed by atoms with Crippen LogP contribution in [0, 0.1) is 0 Å². The van der Waals surface area contributed by atoms with E-state index < -0.39 is 6.04 Å². The smallest absolute Gasteiger partial charge is 0.254 e. The summed E-state index contributed by atoms with van der Waals surface area (Å²) in [7, 11) is 0. The second kappa shape index (κ2) is 8.06. The van der Waals surface area contributed by atoms with Gasteiger partial charge in [-0.15, -0.1) is 0 Å². The number of carbonyl (C=O) groups excluding carboxylic acids is 1. The van der Waals surface area contributed by atoms with Crippen molar-refractivity contribution in [1.29, 1.82) is 0 Å². The highest BCUT2D eigenvalue weighted by molar-refractivity contribution is 6.30. The summed E-state index contributed by atoms with van der Waals surface area (Å²) >= 11 is 5.91. The van der Waals surface area contributed by atoms with Crippen molar-refractivity contribution in [2.24, 2.45) is 0 Å². The van der Waals surface area contributed by atoms with E-state index in [-0.39, 0.29) is 5.91 Å². The normalized spacial score (nSPS) is 11.8. The van der Waals surface area contributed by atoms with Crippen molar-refractivity contribution in [1.82, 2.24) is 15.5 Å². The molecule has 4 aromatic rings. The molecule has 0 bridgehead atoms. The van der Waals surface area contributed by atoms with Crippen molar-refractivity contribution in [3.8, 4) is 11.4 Å². The topological polar surface area (TPSA) is 68.0 Å². The highest BCUT2D eigenvalue weighted by Gasteiger charge is 2.24. The number of aromatic nitrogens is 2. The second-order valence-electron chi connectivity index (χ2n) is 6.15. The summed E-state index contributed by atoms with van der Waals surface area (Å²) in [5.74, 6) is 0.523. The van der Waals surface area contributed by atoms with E-state index in [4.69, 9.17) is 16.1 Å². The maximum absolute atomic E-state index is 12.7. The van der Waals surface area contributed by atoms with Gasteiger partial charge in [0.1, 0.15) is 6.04 Å². The second-order valence-corrected chi connectivity index (χ2v) is 6.58. The first kappa shape index (κ1) is 17.9. The van der Waals surface area contributed by atoms with Gasteiger partial charge in [-0.1, -0.05) is 77.4 Å². The van der Waals surface area contributed by atoms with Gasteiger partial charge >= 0.3 is 0 Å². The molecule has 0 aliphatic carbocycles. The van der Waals surface area contributed by atoms with Crippen LogP contribution in [0.5, 0.6) is 0 Å². The van der Waals surface area contributed by atoms with Crippen molar-refractivity contribution in [2.45, 2.75) is 6.04 Å². The molecule has 0 radical (unpaired) electrons. The number of hydrogen-bond acceptors (Lipinski definition) is 4. The molecule has 1 unspecified atom stereocenters. The van der Waals surface area contributed by atoms with Crippen LogP contribution in [0.15, 0.2) is 89.5 Å². The van der Waals surface area contributed by atoms with E-state index in [9.17, 15) is 4.79 Å². The minimum atomic E-state index is -0.575. The minimum absolute atomic E-state index is 0.259. The van der Waals surface area contributed by atoms with E-state index in [1.165, 1.54) is 0 Å². The highest BCUT2D eigenvalue weighted by atomic mass is 35.5. The number of carbonyl (C=O) groups is 1. The number of benzene rings is 3. The molecule has 0 aliphatic heterocycles. The molecule has 1 atom stereocenters. The molecule has 4 rings (SSSR count). The third kappa shape index (κ3) is 3.94. The fourth-order valence-electron chi connectivity index (χ4n) is 2.81. The minimum Gasteiger partial charge on any atom is -0.336 e. The van der Waals surface area contributed by atoms with Crippen molar-refractivity contribution in [2.75, 3.05) is 0 Å². The summed E-state index contributed by atoms with van der Waals surface area (Å²) in [6.07, 6.45) is 0. The van der Waals surface area contributed by atoms with Gasteiger partial charge in [0.25, 0.3) is 11.8 Å². The number of hydrogen-bond donors (Lipinski definition) is 1. The maximum Gasteiger partial charge on any atom is 0.254 e. The first-order valence-corrected chi connectivity index (χ1v) is 9.09. The molecule has 28 heavy (non-hydrogen) atoms. The van der Waals surface area contributed by atoms with Gasteiger partial charge in [-0.3, -0.25) is 4.79 Å². The Kier molecular flexibility index (Phi) is 5.17. The van der Waals surface area contributed by atoms with Crippen molar-refractivity contribution in [3.63, 3.8) is 0 Å². The highest BCUT2D eigenvalue weighted by Crippen LogP contribution is 2.24. The lowest BCUT2D eigenvalue weighted by atomic mass is 10.1. The average Bonchev–Trinajstić information content (AvgIpc) is 3.23. The van der Waals surface area contributed by atoms with E-state index in [1.54, 1.807) is 24.3 Å². The van der Waals surface area contributed by atoms with Gasteiger partial charge in [-0.2, -0.15) is 4.98 Å². The molecule has 0 aliphatic rings. The molecular weight excluding hydrogens is 374 g/mol. The van der Waals surface area contributed by atoms with E-state index in [0.29, 0.717) is 22.3 Å². The summed E-state index contributed by atoms with van der Waals surface area (Å²) < 4.78 is 5.49. The standard InChI is InChI=1S/C22H16ClN3O2/c23-18-13-11-17(12-14-18)21(27)24-19(15-7-3-1-4-8-15)22-25-20(26-28-22)16-9-5-2-6-10-16/h1-14,19H,(H,24,27). The first-order valence-electron chi connectivity index (χ1n) is 8.71. The molecule has 1 aromatic heterocycles. The zero-order valence-electron chi connectivity index (χ0n) is 14.7. The van der Waals surface area contributed by atoms with Crippen molar-refractivity contribution >= 4 is 17.5 Å². The van der Waals surface area contributed by atoms with Gasteiger partial charge in [-0.25, -0.2) is 0 Å². The lowest BCUT2D eigenvalue weighted by Gasteiger charge is -2.15. The Morgan fingerprint density at radius 2 is 1.54 bits per heavy atom. The Morgan fingerprint density at radius 1 is 0.893 bits per heavy atom.